The Bertz CT molecular complexity index is 3440. The largest absolute Gasteiger partial charge is 0.454 e. The molecule has 0 fully saturated rings. The fraction of sp³-hybridized carbons (Fsp3) is 0.0714. The zero-order chi connectivity index (χ0) is 40.2. The Morgan fingerprint density at radius 2 is 0.700 bits per heavy atom. The van der Waals surface area contributed by atoms with Gasteiger partial charge in [-0.2, -0.15) is 0 Å². The summed E-state index contributed by atoms with van der Waals surface area (Å²) in [6, 6.07) is 61.7. The average molecular weight is 773 g/mol. The summed E-state index contributed by atoms with van der Waals surface area (Å²) in [5.41, 5.74) is 14.6. The summed E-state index contributed by atoms with van der Waals surface area (Å²) in [7, 11) is 0. The molecule has 0 bridgehead atoms. The molecule has 0 atom stereocenters. The van der Waals surface area contributed by atoms with Crippen LogP contribution >= 0.6 is 0 Å². The summed E-state index contributed by atoms with van der Waals surface area (Å²) in [4.78, 5) is 4.78. The van der Waals surface area contributed by atoms with Gasteiger partial charge in [0.05, 0.1) is 22.7 Å². The van der Waals surface area contributed by atoms with E-state index in [0.717, 1.165) is 89.1 Å². The molecule has 12 rings (SSSR count). The zero-order valence-corrected chi connectivity index (χ0v) is 33.9. The lowest BCUT2D eigenvalue weighted by Crippen LogP contribution is -2.12. The molecule has 4 nitrogen and oxygen atoms in total. The van der Waals surface area contributed by atoms with Crippen LogP contribution in [0.15, 0.2) is 179 Å². The highest BCUT2D eigenvalue weighted by Gasteiger charge is 2.26. The standard InChI is InChI=1S/C56H40N2O2/c1-33-11-5-15-39(31-33)57(49-21-9-19-43-41-17-7-13-35(3)53(41)59-55(43)49)47-29-25-37-24-28-46-48(30-26-38-23-27-45(47)51(37)52(38)46)58(40-16-6-12-34(2)32-40)50-22-10-20-44-42-18-8-14-36(4)54(42)60-56(44)50/h5-32H,1-4H3. The Balaban J connectivity index is 1.14. The second kappa shape index (κ2) is 13.0. The maximum Gasteiger partial charge on any atom is 0.159 e. The van der Waals surface area contributed by atoms with Crippen LogP contribution in [0.4, 0.5) is 34.1 Å². The average Bonchev–Trinajstić information content (AvgIpc) is 3.85. The van der Waals surface area contributed by atoms with Crippen molar-refractivity contribution in [2.45, 2.75) is 27.7 Å². The molecule has 10 aromatic carbocycles. The predicted octanol–water partition coefficient (Wildman–Crippen LogP) is 16.6. The summed E-state index contributed by atoms with van der Waals surface area (Å²) < 4.78 is 13.7. The van der Waals surface area contributed by atoms with E-state index in [1.807, 2.05) is 0 Å². The highest BCUT2D eigenvalue weighted by molar-refractivity contribution is 6.28. The SMILES string of the molecule is Cc1cccc(N(c2ccc3ccc4c(N(c5cccc(C)c5)c5cccc6c5oc5c(C)cccc56)ccc5ccc2c3c54)c2cccc3c2oc2c(C)cccc23)c1. The van der Waals surface area contributed by atoms with Gasteiger partial charge >= 0.3 is 0 Å². The normalized spacial score (nSPS) is 12.0. The van der Waals surface area contributed by atoms with Crippen LogP contribution in [0.1, 0.15) is 22.3 Å². The first-order valence-electron chi connectivity index (χ1n) is 20.7. The highest BCUT2D eigenvalue weighted by Crippen LogP contribution is 2.50. The minimum absolute atomic E-state index is 0.875. The number of nitrogens with zero attached hydrogens (tertiary/aromatic N) is 2. The molecular formula is C56H40N2O2. The first kappa shape index (κ1) is 34.5. The van der Waals surface area contributed by atoms with Crippen LogP contribution in [0.5, 0.6) is 0 Å². The van der Waals surface area contributed by atoms with Crippen molar-refractivity contribution in [3.05, 3.63) is 192 Å². The molecule has 0 saturated carbocycles. The van der Waals surface area contributed by atoms with Crippen LogP contribution in [0.2, 0.25) is 0 Å². The number of furan rings is 2. The number of para-hydroxylation sites is 4. The van der Waals surface area contributed by atoms with Crippen LogP contribution in [0.25, 0.3) is 76.2 Å². The van der Waals surface area contributed by atoms with Crippen LogP contribution in [-0.2, 0) is 0 Å². The quantitative estimate of drug-likeness (QED) is 0.158. The molecule has 0 spiro atoms. The van der Waals surface area contributed by atoms with E-state index in [4.69, 9.17) is 8.83 Å². The summed E-state index contributed by atoms with van der Waals surface area (Å²) in [5, 5.41) is 11.7. The molecule has 0 radical (unpaired) electrons. The van der Waals surface area contributed by atoms with Crippen molar-refractivity contribution in [3.63, 3.8) is 0 Å². The van der Waals surface area contributed by atoms with Crippen molar-refractivity contribution >= 4 is 110 Å². The lowest BCUT2D eigenvalue weighted by Gasteiger charge is -2.29. The van der Waals surface area contributed by atoms with Crippen LogP contribution in [0.3, 0.4) is 0 Å². The number of hydrogen-bond donors (Lipinski definition) is 0. The minimum Gasteiger partial charge on any atom is -0.454 e. The fourth-order valence-electron chi connectivity index (χ4n) is 9.75. The molecule has 0 saturated heterocycles. The Morgan fingerprint density at radius 1 is 0.317 bits per heavy atom. The first-order chi connectivity index (χ1) is 29.4. The minimum atomic E-state index is 0.875. The molecule has 286 valence electrons. The van der Waals surface area contributed by atoms with Crippen molar-refractivity contribution < 1.29 is 8.83 Å². The summed E-state index contributed by atoms with van der Waals surface area (Å²) in [6.07, 6.45) is 0. The van der Waals surface area contributed by atoms with Gasteiger partial charge in [-0.3, -0.25) is 0 Å². The molecule has 2 heterocycles. The van der Waals surface area contributed by atoms with E-state index in [1.54, 1.807) is 0 Å². The Morgan fingerprint density at radius 3 is 1.13 bits per heavy atom. The highest BCUT2D eigenvalue weighted by atomic mass is 16.3. The number of rotatable bonds is 6. The topological polar surface area (TPSA) is 32.8 Å². The Hall–Kier alpha value is -7.56. The van der Waals surface area contributed by atoms with Gasteiger partial charge in [-0.25, -0.2) is 0 Å². The van der Waals surface area contributed by atoms with Gasteiger partial charge in [0.25, 0.3) is 0 Å². The second-order valence-electron chi connectivity index (χ2n) is 16.4. The number of aryl methyl sites for hydroxylation is 4. The van der Waals surface area contributed by atoms with Crippen molar-refractivity contribution in [2.24, 2.45) is 0 Å². The molecule has 4 heteroatoms. The third-order valence-electron chi connectivity index (χ3n) is 12.5. The third kappa shape index (κ3) is 5.04. The molecule has 0 N–H and O–H groups in total. The number of hydrogen-bond acceptors (Lipinski definition) is 4. The molecule has 0 aliphatic rings. The number of benzene rings is 10. The molecule has 0 unspecified atom stereocenters. The maximum absolute atomic E-state index is 6.83. The van der Waals surface area contributed by atoms with Gasteiger partial charge in [-0.05, 0) is 120 Å². The second-order valence-corrected chi connectivity index (χ2v) is 16.4. The van der Waals surface area contributed by atoms with Crippen LogP contribution in [-0.4, -0.2) is 0 Å². The molecule has 60 heavy (non-hydrogen) atoms. The van der Waals surface area contributed by atoms with E-state index in [-0.39, 0.29) is 0 Å². The molecule has 0 aliphatic carbocycles. The van der Waals surface area contributed by atoms with E-state index in [1.165, 1.54) is 43.4 Å². The van der Waals surface area contributed by atoms with Crippen LogP contribution in [0, 0.1) is 27.7 Å². The van der Waals surface area contributed by atoms with Gasteiger partial charge in [-0.1, -0.05) is 121 Å². The molecule has 0 aliphatic heterocycles. The van der Waals surface area contributed by atoms with E-state index < -0.39 is 0 Å². The van der Waals surface area contributed by atoms with Gasteiger partial charge < -0.3 is 18.6 Å². The number of fused-ring (bicyclic) bond motifs is 6. The lowest BCUT2D eigenvalue weighted by atomic mass is 9.91. The Labute approximate surface area is 347 Å². The third-order valence-corrected chi connectivity index (χ3v) is 12.5. The summed E-state index contributed by atoms with van der Waals surface area (Å²) in [5.74, 6) is 0. The van der Waals surface area contributed by atoms with E-state index in [9.17, 15) is 0 Å². The van der Waals surface area contributed by atoms with Crippen LogP contribution < -0.4 is 9.80 Å². The van der Waals surface area contributed by atoms with E-state index in [2.05, 4.69) is 207 Å². The predicted molar refractivity (Wildman–Crippen MR) is 253 cm³/mol. The Kier molecular flexibility index (Phi) is 7.45. The molecule has 0 amide bonds. The van der Waals surface area contributed by atoms with Gasteiger partial charge in [0.15, 0.2) is 11.2 Å². The monoisotopic (exact) mass is 772 g/mol. The fourth-order valence-corrected chi connectivity index (χ4v) is 9.75. The maximum atomic E-state index is 6.83. The molecule has 12 aromatic rings. The molecule has 2 aromatic heterocycles. The smallest absolute Gasteiger partial charge is 0.159 e. The lowest BCUT2D eigenvalue weighted by molar-refractivity contribution is 0.665. The zero-order valence-electron chi connectivity index (χ0n) is 33.9. The van der Waals surface area contributed by atoms with E-state index in [0.29, 0.717) is 0 Å². The molecular weight excluding hydrogens is 733 g/mol. The van der Waals surface area contributed by atoms with E-state index >= 15 is 0 Å². The van der Waals surface area contributed by atoms with Crippen molar-refractivity contribution in [2.75, 3.05) is 9.80 Å². The van der Waals surface area contributed by atoms with Crippen molar-refractivity contribution in [1.82, 2.24) is 0 Å². The van der Waals surface area contributed by atoms with Gasteiger partial charge in [-0.15, -0.1) is 0 Å². The van der Waals surface area contributed by atoms with Gasteiger partial charge in [0.2, 0.25) is 0 Å². The summed E-state index contributed by atoms with van der Waals surface area (Å²) in [6.45, 7) is 8.56. The van der Waals surface area contributed by atoms with Crippen molar-refractivity contribution in [1.29, 1.82) is 0 Å². The number of anilines is 6. The van der Waals surface area contributed by atoms with Gasteiger partial charge in [0.1, 0.15) is 11.2 Å². The first-order valence-corrected chi connectivity index (χ1v) is 20.7. The van der Waals surface area contributed by atoms with Gasteiger partial charge in [0, 0.05) is 43.7 Å². The summed E-state index contributed by atoms with van der Waals surface area (Å²) >= 11 is 0. The van der Waals surface area contributed by atoms with Crippen molar-refractivity contribution in [3.8, 4) is 0 Å².